The van der Waals surface area contributed by atoms with E-state index in [0.717, 1.165) is 38.3 Å². The average molecular weight is 240 g/mol. The second-order valence-electron chi connectivity index (χ2n) is 5.87. The zero-order chi connectivity index (χ0) is 12.5. The summed E-state index contributed by atoms with van der Waals surface area (Å²) in [6, 6.07) is 1.21. The number of carboxylic acid groups (broad SMARTS) is 1. The van der Waals surface area contributed by atoms with E-state index in [-0.39, 0.29) is 0 Å². The third kappa shape index (κ3) is 3.68. The molecule has 2 aliphatic rings. The molecule has 0 aliphatic heterocycles. The van der Waals surface area contributed by atoms with Gasteiger partial charge in [0.05, 0.1) is 0 Å². The second kappa shape index (κ2) is 4.94. The van der Waals surface area contributed by atoms with Crippen LogP contribution in [0.1, 0.15) is 45.4 Å². The van der Waals surface area contributed by atoms with Gasteiger partial charge in [-0.2, -0.15) is 0 Å². The number of carbonyl (C=O) groups is 1. The Morgan fingerprint density at radius 1 is 1.41 bits per heavy atom. The van der Waals surface area contributed by atoms with Crippen molar-refractivity contribution >= 4 is 5.97 Å². The highest BCUT2D eigenvalue weighted by molar-refractivity contribution is 5.78. The highest BCUT2D eigenvalue weighted by Gasteiger charge is 2.38. The minimum atomic E-state index is -0.731. The molecule has 1 atom stereocenters. The molecule has 2 saturated carbocycles. The largest absolute Gasteiger partial charge is 0.480 e. The fraction of sp³-hybridized carbons (Fsp3) is 0.923. The number of rotatable bonds is 8. The molecule has 0 aromatic rings. The van der Waals surface area contributed by atoms with Crippen molar-refractivity contribution in [3.05, 3.63) is 0 Å². The Hall–Kier alpha value is -0.610. The first-order valence-corrected chi connectivity index (χ1v) is 6.72. The molecule has 0 heterocycles. The van der Waals surface area contributed by atoms with E-state index in [1.54, 1.807) is 0 Å². The Balaban J connectivity index is 1.73. The Bertz CT molecular complexity index is 287. The number of carboxylic acids is 1. The van der Waals surface area contributed by atoms with Gasteiger partial charge in [0.25, 0.3) is 0 Å². The van der Waals surface area contributed by atoms with Gasteiger partial charge >= 0.3 is 5.97 Å². The summed E-state index contributed by atoms with van der Waals surface area (Å²) in [5.74, 6) is -0.710. The highest BCUT2D eigenvalue weighted by Crippen LogP contribution is 2.27. The maximum atomic E-state index is 11.3. The Labute approximate surface area is 103 Å². The van der Waals surface area contributed by atoms with E-state index in [4.69, 9.17) is 0 Å². The van der Waals surface area contributed by atoms with Crippen LogP contribution in [0.3, 0.4) is 0 Å². The summed E-state index contributed by atoms with van der Waals surface area (Å²) in [4.78, 5) is 13.7. The van der Waals surface area contributed by atoms with E-state index in [9.17, 15) is 9.90 Å². The standard InChI is InChI=1S/C13H24N2O2/c1-13(12(16)17,14-10-4-5-10)8-3-9-15(2)11-6-7-11/h10-11,14H,3-9H2,1-2H3,(H,16,17). The fourth-order valence-corrected chi connectivity index (χ4v) is 2.30. The number of hydrogen-bond acceptors (Lipinski definition) is 3. The summed E-state index contributed by atoms with van der Waals surface area (Å²) in [7, 11) is 2.14. The van der Waals surface area contributed by atoms with E-state index < -0.39 is 11.5 Å². The summed E-state index contributed by atoms with van der Waals surface area (Å²) in [5, 5.41) is 12.6. The van der Waals surface area contributed by atoms with Crippen molar-refractivity contribution in [2.75, 3.05) is 13.6 Å². The summed E-state index contributed by atoms with van der Waals surface area (Å²) in [5.41, 5.74) is -0.731. The molecule has 2 fully saturated rings. The summed E-state index contributed by atoms with van der Waals surface area (Å²) in [6.45, 7) is 2.84. The SMILES string of the molecule is CN(CCCC(C)(NC1CC1)C(=O)O)C1CC1. The van der Waals surface area contributed by atoms with Gasteiger partial charge in [-0.15, -0.1) is 0 Å². The quantitative estimate of drug-likeness (QED) is 0.674. The van der Waals surface area contributed by atoms with E-state index in [2.05, 4.69) is 17.3 Å². The summed E-state index contributed by atoms with van der Waals surface area (Å²) < 4.78 is 0. The third-order valence-electron chi connectivity index (χ3n) is 3.93. The monoisotopic (exact) mass is 240 g/mol. The first-order chi connectivity index (χ1) is 8.01. The smallest absolute Gasteiger partial charge is 0.323 e. The molecule has 0 aromatic heterocycles. The van der Waals surface area contributed by atoms with Crippen molar-refractivity contribution in [1.29, 1.82) is 0 Å². The average Bonchev–Trinajstić information content (AvgIpc) is 3.11. The van der Waals surface area contributed by atoms with E-state index in [0.29, 0.717) is 6.04 Å². The molecule has 17 heavy (non-hydrogen) atoms. The lowest BCUT2D eigenvalue weighted by molar-refractivity contribution is -0.144. The number of hydrogen-bond donors (Lipinski definition) is 2. The van der Waals surface area contributed by atoms with Gasteiger partial charge < -0.3 is 10.0 Å². The predicted molar refractivity (Wildman–Crippen MR) is 67.1 cm³/mol. The van der Waals surface area contributed by atoms with Gasteiger partial charge in [0.15, 0.2) is 0 Å². The highest BCUT2D eigenvalue weighted by atomic mass is 16.4. The molecule has 2 aliphatic carbocycles. The van der Waals surface area contributed by atoms with Gasteiger partial charge in [-0.1, -0.05) is 0 Å². The fourth-order valence-electron chi connectivity index (χ4n) is 2.30. The second-order valence-corrected chi connectivity index (χ2v) is 5.87. The first kappa shape index (κ1) is 12.8. The molecule has 0 amide bonds. The van der Waals surface area contributed by atoms with Gasteiger partial charge in [-0.3, -0.25) is 10.1 Å². The molecule has 1 unspecified atom stereocenters. The van der Waals surface area contributed by atoms with Crippen LogP contribution >= 0.6 is 0 Å². The van der Waals surface area contributed by atoms with Crippen molar-refractivity contribution in [3.63, 3.8) is 0 Å². The van der Waals surface area contributed by atoms with E-state index in [1.807, 2.05) is 6.92 Å². The molecular formula is C13H24N2O2. The molecule has 2 N–H and O–H groups in total. The zero-order valence-corrected chi connectivity index (χ0v) is 10.9. The molecule has 0 bridgehead atoms. The molecule has 0 radical (unpaired) electrons. The lowest BCUT2D eigenvalue weighted by Gasteiger charge is -2.27. The molecular weight excluding hydrogens is 216 g/mol. The maximum absolute atomic E-state index is 11.3. The molecule has 0 aromatic carbocycles. The van der Waals surface area contributed by atoms with E-state index >= 15 is 0 Å². The van der Waals surface area contributed by atoms with Crippen LogP contribution in [0.2, 0.25) is 0 Å². The Morgan fingerprint density at radius 3 is 2.53 bits per heavy atom. The lowest BCUT2D eigenvalue weighted by Crippen LogP contribution is -2.50. The summed E-state index contributed by atoms with van der Waals surface area (Å²) in [6.07, 6.45) is 6.56. The topological polar surface area (TPSA) is 52.6 Å². The van der Waals surface area contributed by atoms with Crippen LogP contribution < -0.4 is 5.32 Å². The van der Waals surface area contributed by atoms with Crippen LogP contribution in [0.15, 0.2) is 0 Å². The van der Waals surface area contributed by atoms with Gasteiger partial charge in [0.1, 0.15) is 5.54 Å². The molecule has 98 valence electrons. The van der Waals surface area contributed by atoms with Crippen molar-refractivity contribution in [3.8, 4) is 0 Å². The molecule has 0 spiro atoms. The van der Waals surface area contributed by atoms with E-state index in [1.165, 1.54) is 12.8 Å². The van der Waals surface area contributed by atoms with Gasteiger partial charge in [-0.05, 0) is 59.0 Å². The van der Waals surface area contributed by atoms with Crippen LogP contribution in [0.25, 0.3) is 0 Å². The molecule has 4 heteroatoms. The van der Waals surface area contributed by atoms with Crippen LogP contribution in [0, 0.1) is 0 Å². The predicted octanol–water partition coefficient (Wildman–Crippen LogP) is 1.46. The van der Waals surface area contributed by atoms with Crippen LogP contribution in [-0.4, -0.2) is 47.2 Å². The maximum Gasteiger partial charge on any atom is 0.323 e. The zero-order valence-electron chi connectivity index (χ0n) is 10.9. The Kier molecular flexibility index (Phi) is 3.73. The Morgan fingerprint density at radius 2 is 2.06 bits per heavy atom. The first-order valence-electron chi connectivity index (χ1n) is 6.72. The lowest BCUT2D eigenvalue weighted by atomic mass is 9.95. The van der Waals surface area contributed by atoms with Crippen molar-refractivity contribution in [2.24, 2.45) is 0 Å². The van der Waals surface area contributed by atoms with Crippen LogP contribution in [0.4, 0.5) is 0 Å². The minimum Gasteiger partial charge on any atom is -0.480 e. The third-order valence-corrected chi connectivity index (χ3v) is 3.93. The van der Waals surface area contributed by atoms with Crippen LogP contribution in [-0.2, 0) is 4.79 Å². The normalized spacial score (nSPS) is 23.7. The van der Waals surface area contributed by atoms with Crippen molar-refractivity contribution in [2.45, 2.75) is 63.1 Å². The van der Waals surface area contributed by atoms with Gasteiger partial charge in [0, 0.05) is 12.1 Å². The molecule has 2 rings (SSSR count). The van der Waals surface area contributed by atoms with Gasteiger partial charge in [0.2, 0.25) is 0 Å². The van der Waals surface area contributed by atoms with Crippen molar-refractivity contribution in [1.82, 2.24) is 10.2 Å². The minimum absolute atomic E-state index is 0.442. The van der Waals surface area contributed by atoms with Crippen LogP contribution in [0.5, 0.6) is 0 Å². The number of nitrogens with one attached hydrogen (secondary N) is 1. The molecule has 0 saturated heterocycles. The molecule has 4 nitrogen and oxygen atoms in total. The number of nitrogens with zero attached hydrogens (tertiary/aromatic N) is 1. The van der Waals surface area contributed by atoms with Crippen molar-refractivity contribution < 1.29 is 9.90 Å². The summed E-state index contributed by atoms with van der Waals surface area (Å²) >= 11 is 0. The van der Waals surface area contributed by atoms with Gasteiger partial charge in [-0.25, -0.2) is 0 Å². The number of aliphatic carboxylic acids is 1.